The lowest BCUT2D eigenvalue weighted by Gasteiger charge is -2.61. The molecule has 1 aromatic carbocycles. The van der Waals surface area contributed by atoms with Crippen LogP contribution in [0.2, 0.25) is 0 Å². The Morgan fingerprint density at radius 1 is 1.12 bits per heavy atom. The van der Waals surface area contributed by atoms with Gasteiger partial charge in [0.2, 0.25) is 6.41 Å². The Morgan fingerprint density at radius 3 is 2.28 bits per heavy atom. The van der Waals surface area contributed by atoms with E-state index in [4.69, 9.17) is 4.79 Å². The zero-order valence-corrected chi connectivity index (χ0v) is 16.8. The summed E-state index contributed by atoms with van der Waals surface area (Å²) in [6.07, 6.45) is 8.57. The van der Waals surface area contributed by atoms with Crippen LogP contribution in [0.25, 0.3) is 0 Å². The van der Waals surface area contributed by atoms with Gasteiger partial charge in [-0.3, -0.25) is 4.79 Å². The topological polar surface area (TPSA) is 43.1 Å². The maximum Gasteiger partial charge on any atom is 0.204 e. The fourth-order valence-corrected chi connectivity index (χ4v) is 6.23. The summed E-state index contributed by atoms with van der Waals surface area (Å²) >= 11 is 0. The Hall–Kier alpha value is -1.31. The number of carbonyl (C=O) groups is 1. The highest BCUT2D eigenvalue weighted by Crippen LogP contribution is 2.64. The molecule has 2 heteroatoms. The van der Waals surface area contributed by atoms with Crippen molar-refractivity contribution in [3.63, 3.8) is 0 Å². The largest absolute Gasteiger partial charge is 0.372 e. The van der Waals surface area contributed by atoms with E-state index < -0.39 is 0 Å². The van der Waals surface area contributed by atoms with Gasteiger partial charge < -0.3 is 5.73 Å². The van der Waals surface area contributed by atoms with Gasteiger partial charge in [0.05, 0.1) is 0 Å². The predicted molar refractivity (Wildman–Crippen MR) is 106 cm³/mol. The first kappa shape index (κ1) is 20.0. The highest BCUT2D eigenvalue weighted by Gasteiger charge is 2.56. The van der Waals surface area contributed by atoms with Crippen molar-refractivity contribution in [2.75, 3.05) is 0 Å². The lowest BCUT2D eigenvalue weighted by Crippen LogP contribution is -2.53. The molecule has 2 saturated carbocycles. The van der Waals surface area contributed by atoms with Gasteiger partial charge in [-0.05, 0) is 65.7 Å². The number of primary amides is 1. The molecule has 0 saturated heterocycles. The number of nitrogens with two attached hydrogens (primary N) is 1. The van der Waals surface area contributed by atoms with Crippen molar-refractivity contribution in [3.05, 3.63) is 35.9 Å². The second-order valence-corrected chi connectivity index (χ2v) is 9.59. The molecule has 0 aliphatic heterocycles. The molecule has 4 unspecified atom stereocenters. The van der Waals surface area contributed by atoms with E-state index in [0.717, 1.165) is 11.8 Å². The second-order valence-electron chi connectivity index (χ2n) is 9.59. The van der Waals surface area contributed by atoms with Crippen molar-refractivity contribution in [2.45, 2.75) is 78.6 Å². The maximum absolute atomic E-state index is 8.58. The molecule has 0 aromatic heterocycles. The number of fused-ring (bicyclic) bond motifs is 2. The number of carbonyl (C=O) groups excluding carboxylic acids is 1. The molecule has 2 N–H and O–H groups in total. The van der Waals surface area contributed by atoms with E-state index in [1.807, 2.05) is 0 Å². The summed E-state index contributed by atoms with van der Waals surface area (Å²) in [4.78, 5) is 8.58. The number of hydrogen-bond acceptors (Lipinski definition) is 1. The summed E-state index contributed by atoms with van der Waals surface area (Å²) in [6, 6.07) is 11.4. The van der Waals surface area contributed by atoms with Gasteiger partial charge in [0.25, 0.3) is 0 Å². The fourth-order valence-electron chi connectivity index (χ4n) is 6.23. The third-order valence-electron chi connectivity index (χ3n) is 7.18. The first-order valence-corrected chi connectivity index (χ1v) is 9.94. The van der Waals surface area contributed by atoms with Gasteiger partial charge in [0, 0.05) is 0 Å². The molecule has 2 bridgehead atoms. The SMILES string of the molecule is CCCC1(C)C(C)CC2(c3ccccc3)CC1CC(C)(C)C2.NC=O. The van der Waals surface area contributed by atoms with Crippen LogP contribution in [0.1, 0.15) is 78.7 Å². The molecule has 1 amide bonds. The molecular weight excluding hydrogens is 306 g/mol. The van der Waals surface area contributed by atoms with Gasteiger partial charge >= 0.3 is 0 Å². The first-order valence-electron chi connectivity index (χ1n) is 9.94. The van der Waals surface area contributed by atoms with E-state index in [1.165, 1.54) is 38.5 Å². The van der Waals surface area contributed by atoms with Gasteiger partial charge in [0.15, 0.2) is 0 Å². The smallest absolute Gasteiger partial charge is 0.204 e. The van der Waals surface area contributed by atoms with Gasteiger partial charge in [-0.15, -0.1) is 0 Å². The molecule has 0 heterocycles. The fraction of sp³-hybridized carbons (Fsp3) is 0.696. The zero-order chi connectivity index (χ0) is 18.7. The molecule has 1 aromatic rings. The van der Waals surface area contributed by atoms with Crippen LogP contribution in [-0.4, -0.2) is 6.41 Å². The molecule has 3 rings (SSSR count). The van der Waals surface area contributed by atoms with Crippen LogP contribution >= 0.6 is 0 Å². The Kier molecular flexibility index (Phi) is 6.01. The molecule has 2 aliphatic carbocycles. The maximum atomic E-state index is 8.58. The predicted octanol–water partition coefficient (Wildman–Crippen LogP) is 5.70. The van der Waals surface area contributed by atoms with Crippen LogP contribution in [0, 0.1) is 22.7 Å². The number of amides is 1. The van der Waals surface area contributed by atoms with E-state index in [0.29, 0.717) is 16.2 Å². The van der Waals surface area contributed by atoms with Crippen LogP contribution in [-0.2, 0) is 10.2 Å². The van der Waals surface area contributed by atoms with Crippen molar-refractivity contribution in [1.82, 2.24) is 0 Å². The molecule has 140 valence electrons. The quantitative estimate of drug-likeness (QED) is 0.703. The number of benzene rings is 1. The van der Waals surface area contributed by atoms with Crippen LogP contribution in [0.5, 0.6) is 0 Å². The number of hydrogen-bond donors (Lipinski definition) is 1. The lowest BCUT2D eigenvalue weighted by molar-refractivity contribution is -0.106. The minimum atomic E-state index is 0.250. The second kappa shape index (κ2) is 7.51. The van der Waals surface area contributed by atoms with Crippen molar-refractivity contribution < 1.29 is 4.79 Å². The summed E-state index contributed by atoms with van der Waals surface area (Å²) in [5.74, 6) is 1.72. The zero-order valence-electron chi connectivity index (χ0n) is 16.8. The van der Waals surface area contributed by atoms with Crippen molar-refractivity contribution in [2.24, 2.45) is 28.4 Å². The Labute approximate surface area is 154 Å². The van der Waals surface area contributed by atoms with Crippen LogP contribution in [0.15, 0.2) is 30.3 Å². The van der Waals surface area contributed by atoms with Crippen molar-refractivity contribution >= 4 is 6.41 Å². The van der Waals surface area contributed by atoms with E-state index in [1.54, 1.807) is 5.56 Å². The van der Waals surface area contributed by atoms with E-state index >= 15 is 0 Å². The lowest BCUT2D eigenvalue weighted by atomic mass is 9.43. The van der Waals surface area contributed by atoms with E-state index in [2.05, 4.69) is 70.7 Å². The van der Waals surface area contributed by atoms with Crippen molar-refractivity contribution in [3.8, 4) is 0 Å². The van der Waals surface area contributed by atoms with Crippen LogP contribution < -0.4 is 5.73 Å². The molecule has 25 heavy (non-hydrogen) atoms. The molecule has 2 fully saturated rings. The van der Waals surface area contributed by atoms with E-state index in [-0.39, 0.29) is 6.41 Å². The minimum absolute atomic E-state index is 0.250. The summed E-state index contributed by atoms with van der Waals surface area (Å²) in [7, 11) is 0. The minimum Gasteiger partial charge on any atom is -0.372 e. The summed E-state index contributed by atoms with van der Waals surface area (Å²) in [5, 5.41) is 0. The standard InChI is InChI=1S/C22H34.CH3NO/c1-6-12-21(5)17(2)13-22(18-10-8-7-9-11-18)15-19(21)14-20(3,4)16-22;2-1-3/h7-11,17,19H,6,12-16H2,1-5H3;1H,(H2,2,3). The summed E-state index contributed by atoms with van der Waals surface area (Å²) in [6.45, 7) is 12.5. The Bertz CT molecular complexity index is 563. The van der Waals surface area contributed by atoms with Gasteiger partial charge in [-0.2, -0.15) is 0 Å². The Morgan fingerprint density at radius 2 is 1.72 bits per heavy atom. The molecule has 0 spiro atoms. The summed E-state index contributed by atoms with van der Waals surface area (Å²) < 4.78 is 0. The average molecular weight is 344 g/mol. The molecule has 2 nitrogen and oxygen atoms in total. The normalized spacial score (nSPS) is 36.0. The Balaban J connectivity index is 0.000000701. The molecule has 4 atom stereocenters. The highest BCUT2D eigenvalue weighted by molar-refractivity contribution is 5.42. The van der Waals surface area contributed by atoms with Gasteiger partial charge in [-0.1, -0.05) is 71.4 Å². The van der Waals surface area contributed by atoms with Gasteiger partial charge in [0.1, 0.15) is 0 Å². The van der Waals surface area contributed by atoms with Crippen LogP contribution in [0.3, 0.4) is 0 Å². The van der Waals surface area contributed by atoms with Crippen molar-refractivity contribution in [1.29, 1.82) is 0 Å². The summed E-state index contributed by atoms with van der Waals surface area (Å²) in [5.41, 5.74) is 7.23. The third-order valence-corrected chi connectivity index (χ3v) is 7.18. The molecule has 0 radical (unpaired) electrons. The first-order chi connectivity index (χ1) is 11.7. The monoisotopic (exact) mass is 343 g/mol. The third kappa shape index (κ3) is 3.93. The highest BCUT2D eigenvalue weighted by atomic mass is 16.1. The number of rotatable bonds is 3. The van der Waals surface area contributed by atoms with E-state index in [9.17, 15) is 0 Å². The molecule has 2 aliphatic rings. The average Bonchev–Trinajstić information content (AvgIpc) is 2.54. The van der Waals surface area contributed by atoms with Crippen LogP contribution in [0.4, 0.5) is 0 Å². The molecular formula is C23H37NO. The van der Waals surface area contributed by atoms with Gasteiger partial charge in [-0.25, -0.2) is 0 Å².